The molecule has 174 valence electrons. The number of anilines is 1. The second-order valence-electron chi connectivity index (χ2n) is 8.61. The maximum Gasteiger partial charge on any atom is 0.255 e. The van der Waals surface area contributed by atoms with Crippen LogP contribution in [-0.4, -0.2) is 86.0 Å². The molecule has 0 aromatic heterocycles. The van der Waals surface area contributed by atoms with Gasteiger partial charge in [0.05, 0.1) is 0 Å². The van der Waals surface area contributed by atoms with Crippen LogP contribution in [0.2, 0.25) is 0 Å². The Kier molecular flexibility index (Phi) is 6.93. The maximum atomic E-state index is 12.9. The van der Waals surface area contributed by atoms with Gasteiger partial charge in [-0.15, -0.1) is 0 Å². The summed E-state index contributed by atoms with van der Waals surface area (Å²) in [5.41, 5.74) is 2.08. The van der Waals surface area contributed by atoms with Crippen LogP contribution >= 0.6 is 0 Å². The summed E-state index contributed by atoms with van der Waals surface area (Å²) in [6.07, 6.45) is -1.26. The third-order valence-corrected chi connectivity index (χ3v) is 6.04. The molecule has 8 heteroatoms. The third-order valence-electron chi connectivity index (χ3n) is 6.04. The summed E-state index contributed by atoms with van der Waals surface area (Å²) in [6.45, 7) is 2.63. The molecule has 33 heavy (non-hydrogen) atoms. The summed E-state index contributed by atoms with van der Waals surface area (Å²) in [5.74, 6) is -0.790. The van der Waals surface area contributed by atoms with E-state index >= 15 is 0 Å². The molecule has 2 unspecified atom stereocenters. The largest absolute Gasteiger partial charge is 0.368 e. The van der Waals surface area contributed by atoms with Gasteiger partial charge < -0.3 is 24.8 Å². The second-order valence-corrected chi connectivity index (χ2v) is 8.61. The van der Waals surface area contributed by atoms with E-state index in [2.05, 4.69) is 22.3 Å². The average Bonchev–Trinajstić information content (AvgIpc) is 3.65. The molecular weight excluding hydrogens is 420 g/mol. The van der Waals surface area contributed by atoms with Crippen LogP contribution in [0, 0.1) is 0 Å². The number of para-hydroxylation sites is 1. The van der Waals surface area contributed by atoms with E-state index in [1.807, 2.05) is 48.5 Å². The fraction of sp³-hybridized carbons (Fsp3) is 0.400. The van der Waals surface area contributed by atoms with Crippen LogP contribution in [0.4, 0.5) is 5.69 Å². The van der Waals surface area contributed by atoms with E-state index in [1.165, 1.54) is 4.90 Å². The molecule has 3 atom stereocenters. The van der Waals surface area contributed by atoms with Gasteiger partial charge in [0.2, 0.25) is 5.91 Å². The Morgan fingerprint density at radius 1 is 0.939 bits per heavy atom. The van der Waals surface area contributed by atoms with Crippen LogP contribution < -0.4 is 10.2 Å². The van der Waals surface area contributed by atoms with Gasteiger partial charge in [-0.1, -0.05) is 48.5 Å². The van der Waals surface area contributed by atoms with Gasteiger partial charge in [-0.3, -0.25) is 14.4 Å². The zero-order valence-corrected chi connectivity index (χ0v) is 19.0. The van der Waals surface area contributed by atoms with Gasteiger partial charge in [-0.25, -0.2) is 0 Å². The minimum atomic E-state index is -0.849. The minimum absolute atomic E-state index is 0.165. The normalized spacial score (nSPS) is 20.7. The number of likely N-dealkylation sites (N-methyl/N-ethyl adjacent to an activating group) is 1. The number of carbonyl (C=O) groups is 3. The Labute approximate surface area is 194 Å². The van der Waals surface area contributed by atoms with Crippen molar-refractivity contribution in [2.24, 2.45) is 0 Å². The van der Waals surface area contributed by atoms with E-state index in [1.54, 1.807) is 19.0 Å². The zero-order valence-electron chi connectivity index (χ0n) is 19.0. The number of benzene rings is 2. The maximum absolute atomic E-state index is 12.9. The molecule has 4 rings (SSSR count). The molecule has 2 aliphatic heterocycles. The first-order chi connectivity index (χ1) is 15.9. The van der Waals surface area contributed by atoms with Crippen LogP contribution in [0.3, 0.4) is 0 Å². The molecule has 8 nitrogen and oxygen atoms in total. The topological polar surface area (TPSA) is 85.5 Å². The fourth-order valence-electron chi connectivity index (χ4n) is 4.12. The SMILES string of the molecule is CN(C)C(=O)[C@H](Cc1ccccc1)NC(=O)C1OC1C(=O)N1CCN(c2ccccc2)CC1. The highest BCUT2D eigenvalue weighted by Crippen LogP contribution is 2.26. The molecule has 3 amide bonds. The van der Waals surface area contributed by atoms with E-state index in [4.69, 9.17) is 4.74 Å². The summed E-state index contributed by atoms with van der Waals surface area (Å²) in [7, 11) is 3.31. The highest BCUT2D eigenvalue weighted by atomic mass is 16.6. The van der Waals surface area contributed by atoms with Gasteiger partial charge in [0.1, 0.15) is 6.04 Å². The molecule has 2 heterocycles. The molecule has 0 bridgehead atoms. The van der Waals surface area contributed by atoms with Crippen molar-refractivity contribution in [1.82, 2.24) is 15.1 Å². The van der Waals surface area contributed by atoms with Gasteiger partial charge in [0.15, 0.2) is 12.2 Å². The second kappa shape index (κ2) is 10.0. The van der Waals surface area contributed by atoms with Crippen molar-refractivity contribution >= 4 is 23.4 Å². The van der Waals surface area contributed by atoms with Crippen molar-refractivity contribution in [3.8, 4) is 0 Å². The molecule has 0 saturated carbocycles. The van der Waals surface area contributed by atoms with E-state index in [-0.39, 0.29) is 11.8 Å². The van der Waals surface area contributed by atoms with Crippen LogP contribution in [0.5, 0.6) is 0 Å². The molecule has 2 aromatic rings. The van der Waals surface area contributed by atoms with E-state index < -0.39 is 24.2 Å². The predicted octanol–water partition coefficient (Wildman–Crippen LogP) is 0.918. The number of piperazine rings is 1. The van der Waals surface area contributed by atoms with Crippen molar-refractivity contribution < 1.29 is 19.1 Å². The quantitative estimate of drug-likeness (QED) is 0.634. The van der Waals surface area contributed by atoms with Gasteiger partial charge >= 0.3 is 0 Å². The number of hydrogen-bond acceptors (Lipinski definition) is 5. The van der Waals surface area contributed by atoms with Crippen LogP contribution in [-0.2, 0) is 25.5 Å². The summed E-state index contributed by atoms with van der Waals surface area (Å²) in [6, 6.07) is 18.9. The average molecular weight is 451 g/mol. The summed E-state index contributed by atoms with van der Waals surface area (Å²) >= 11 is 0. The number of amides is 3. The molecule has 1 N–H and O–H groups in total. The van der Waals surface area contributed by atoms with Gasteiger partial charge in [-0.05, 0) is 17.7 Å². The first-order valence-corrected chi connectivity index (χ1v) is 11.2. The fourth-order valence-corrected chi connectivity index (χ4v) is 4.12. The highest BCUT2D eigenvalue weighted by molar-refractivity contribution is 5.97. The molecule has 2 aliphatic rings. The lowest BCUT2D eigenvalue weighted by atomic mass is 10.0. The lowest BCUT2D eigenvalue weighted by molar-refractivity contribution is -0.134. The van der Waals surface area contributed by atoms with Crippen molar-refractivity contribution in [1.29, 1.82) is 0 Å². The number of ether oxygens (including phenoxy) is 1. The molecule has 0 aliphatic carbocycles. The van der Waals surface area contributed by atoms with Crippen molar-refractivity contribution in [2.75, 3.05) is 45.2 Å². The lowest BCUT2D eigenvalue weighted by Gasteiger charge is -2.36. The van der Waals surface area contributed by atoms with Gasteiger partial charge in [0, 0.05) is 52.4 Å². The molecule has 0 radical (unpaired) electrons. The molecule has 2 aromatic carbocycles. The van der Waals surface area contributed by atoms with Gasteiger partial charge in [0.25, 0.3) is 11.8 Å². The molecule has 2 saturated heterocycles. The van der Waals surface area contributed by atoms with Crippen molar-refractivity contribution in [3.05, 3.63) is 66.2 Å². The van der Waals surface area contributed by atoms with E-state index in [0.717, 1.165) is 24.3 Å². The van der Waals surface area contributed by atoms with Crippen LogP contribution in [0.15, 0.2) is 60.7 Å². The lowest BCUT2D eigenvalue weighted by Crippen LogP contribution is -2.51. The monoisotopic (exact) mass is 450 g/mol. The predicted molar refractivity (Wildman–Crippen MR) is 125 cm³/mol. The summed E-state index contributed by atoms with van der Waals surface area (Å²) < 4.78 is 5.45. The smallest absolute Gasteiger partial charge is 0.255 e. The first-order valence-electron chi connectivity index (χ1n) is 11.2. The minimum Gasteiger partial charge on any atom is -0.368 e. The van der Waals surface area contributed by atoms with Crippen LogP contribution in [0.25, 0.3) is 0 Å². The van der Waals surface area contributed by atoms with E-state index in [0.29, 0.717) is 19.5 Å². The Bertz CT molecular complexity index is 974. The number of nitrogens with one attached hydrogen (secondary N) is 1. The van der Waals surface area contributed by atoms with Gasteiger partial charge in [-0.2, -0.15) is 0 Å². The Balaban J connectivity index is 1.30. The summed E-state index contributed by atoms with van der Waals surface area (Å²) in [5, 5.41) is 2.79. The Hall–Kier alpha value is -3.39. The number of epoxide rings is 1. The van der Waals surface area contributed by atoms with E-state index in [9.17, 15) is 14.4 Å². The molecular formula is C25H30N4O4. The standard InChI is InChI=1S/C25H30N4O4/c1-27(2)24(31)20(17-18-9-5-3-6-10-18)26-23(30)21-22(33-21)25(32)29-15-13-28(14-16-29)19-11-7-4-8-12-19/h3-12,20-22H,13-17H2,1-2H3,(H,26,30)/t20-,21?,22?/m0/s1. The van der Waals surface area contributed by atoms with Crippen LogP contribution in [0.1, 0.15) is 5.56 Å². The number of carbonyl (C=O) groups excluding carboxylic acids is 3. The summed E-state index contributed by atoms with van der Waals surface area (Å²) in [4.78, 5) is 43.7. The third kappa shape index (κ3) is 5.51. The number of nitrogens with zero attached hydrogens (tertiary/aromatic N) is 3. The number of hydrogen-bond donors (Lipinski definition) is 1. The molecule has 0 spiro atoms. The number of rotatable bonds is 7. The highest BCUT2D eigenvalue weighted by Gasteiger charge is 2.52. The Morgan fingerprint density at radius 3 is 2.15 bits per heavy atom. The Morgan fingerprint density at radius 2 is 1.55 bits per heavy atom. The first kappa shape index (κ1) is 22.8. The van der Waals surface area contributed by atoms with Crippen molar-refractivity contribution in [2.45, 2.75) is 24.7 Å². The molecule has 2 fully saturated rings. The van der Waals surface area contributed by atoms with Crippen molar-refractivity contribution in [3.63, 3.8) is 0 Å². The zero-order chi connectivity index (χ0) is 23.4.